The molecule has 0 spiro atoms. The minimum Gasteiger partial charge on any atom is -0.341 e. The van der Waals surface area contributed by atoms with Crippen molar-refractivity contribution in [2.75, 3.05) is 20.6 Å². The van der Waals surface area contributed by atoms with Gasteiger partial charge in [-0.25, -0.2) is 0 Å². The van der Waals surface area contributed by atoms with Gasteiger partial charge in [0.25, 0.3) is 0 Å². The van der Waals surface area contributed by atoms with E-state index in [1.807, 2.05) is 14.0 Å². The topological polar surface area (TPSA) is 32.3 Å². The molecule has 1 atom stereocenters. The molecule has 3 nitrogen and oxygen atoms in total. The lowest BCUT2D eigenvalue weighted by atomic mass is 10.3. The summed E-state index contributed by atoms with van der Waals surface area (Å²) in [6.45, 7) is 6.13. The van der Waals surface area contributed by atoms with Gasteiger partial charge in [0, 0.05) is 19.6 Å². The van der Waals surface area contributed by atoms with E-state index in [2.05, 4.69) is 11.9 Å². The fraction of sp³-hybridized carbons (Fsp3) is 0.625. The number of nitrogens with zero attached hydrogens (tertiary/aromatic N) is 1. The van der Waals surface area contributed by atoms with Crippen molar-refractivity contribution in [2.24, 2.45) is 0 Å². The van der Waals surface area contributed by atoms with E-state index in [1.165, 1.54) is 6.08 Å². The highest BCUT2D eigenvalue weighted by atomic mass is 16.2. The van der Waals surface area contributed by atoms with E-state index in [1.54, 1.807) is 11.9 Å². The van der Waals surface area contributed by atoms with Crippen LogP contribution in [-0.4, -0.2) is 37.5 Å². The Morgan fingerprint density at radius 3 is 2.73 bits per heavy atom. The molecule has 0 aliphatic heterocycles. The second-order valence-electron chi connectivity index (χ2n) is 2.61. The molecule has 0 saturated heterocycles. The van der Waals surface area contributed by atoms with Crippen LogP contribution in [0.5, 0.6) is 0 Å². The van der Waals surface area contributed by atoms with Crippen molar-refractivity contribution in [3.8, 4) is 0 Å². The van der Waals surface area contributed by atoms with Crippen molar-refractivity contribution in [1.29, 1.82) is 0 Å². The maximum Gasteiger partial charge on any atom is 0.245 e. The van der Waals surface area contributed by atoms with Crippen LogP contribution < -0.4 is 5.32 Å². The van der Waals surface area contributed by atoms with Crippen molar-refractivity contribution in [2.45, 2.75) is 13.0 Å². The summed E-state index contributed by atoms with van der Waals surface area (Å²) in [5, 5.41) is 3.05. The second-order valence-corrected chi connectivity index (χ2v) is 2.61. The first kappa shape index (κ1) is 10.2. The highest BCUT2D eigenvalue weighted by Crippen LogP contribution is 1.89. The van der Waals surface area contributed by atoms with Crippen LogP contribution in [0.25, 0.3) is 0 Å². The Morgan fingerprint density at radius 1 is 1.82 bits per heavy atom. The third kappa shape index (κ3) is 3.78. The van der Waals surface area contributed by atoms with Crippen molar-refractivity contribution in [3.05, 3.63) is 12.7 Å². The molecule has 0 aromatic rings. The zero-order chi connectivity index (χ0) is 8.85. The largest absolute Gasteiger partial charge is 0.341 e. The van der Waals surface area contributed by atoms with Crippen LogP contribution in [0, 0.1) is 0 Å². The van der Waals surface area contributed by atoms with Gasteiger partial charge in [-0.15, -0.1) is 0 Å². The van der Waals surface area contributed by atoms with Gasteiger partial charge in [-0.05, 0) is 20.0 Å². The number of likely N-dealkylation sites (N-methyl/N-ethyl adjacent to an activating group) is 2. The molecule has 0 heterocycles. The van der Waals surface area contributed by atoms with Gasteiger partial charge >= 0.3 is 0 Å². The van der Waals surface area contributed by atoms with Crippen LogP contribution in [0.2, 0.25) is 0 Å². The van der Waals surface area contributed by atoms with Gasteiger partial charge in [0.05, 0.1) is 0 Å². The number of carbonyl (C=O) groups excluding carboxylic acids is 1. The quantitative estimate of drug-likeness (QED) is 0.591. The Labute approximate surface area is 68.1 Å². The van der Waals surface area contributed by atoms with E-state index < -0.39 is 0 Å². The number of rotatable bonds is 4. The molecule has 0 aromatic carbocycles. The van der Waals surface area contributed by atoms with Gasteiger partial charge in [0.1, 0.15) is 0 Å². The Bertz CT molecular complexity index is 145. The summed E-state index contributed by atoms with van der Waals surface area (Å²) in [7, 11) is 3.63. The smallest absolute Gasteiger partial charge is 0.245 e. The minimum atomic E-state index is -0.0351. The average Bonchev–Trinajstić information content (AvgIpc) is 2.02. The van der Waals surface area contributed by atoms with Crippen LogP contribution in [0.3, 0.4) is 0 Å². The maximum atomic E-state index is 10.9. The number of amides is 1. The minimum absolute atomic E-state index is 0.0351. The van der Waals surface area contributed by atoms with E-state index in [-0.39, 0.29) is 5.91 Å². The predicted molar refractivity (Wildman–Crippen MR) is 46.4 cm³/mol. The summed E-state index contributed by atoms with van der Waals surface area (Å²) in [6.07, 6.45) is 1.32. The van der Waals surface area contributed by atoms with Crippen molar-refractivity contribution in [1.82, 2.24) is 10.2 Å². The van der Waals surface area contributed by atoms with Crippen LogP contribution >= 0.6 is 0 Å². The zero-order valence-electron chi connectivity index (χ0n) is 7.42. The molecule has 3 heteroatoms. The molecule has 0 radical (unpaired) electrons. The van der Waals surface area contributed by atoms with Crippen LogP contribution in [0.4, 0.5) is 0 Å². The average molecular weight is 156 g/mol. The molecule has 0 saturated carbocycles. The number of nitrogens with one attached hydrogen (secondary N) is 1. The molecule has 0 aliphatic carbocycles. The molecule has 1 N–H and O–H groups in total. The Hall–Kier alpha value is -0.830. The molecular formula is C8H16N2O. The predicted octanol–water partition coefficient (Wildman–Crippen LogP) is 0.239. The van der Waals surface area contributed by atoms with Gasteiger partial charge < -0.3 is 10.2 Å². The lowest BCUT2D eigenvalue weighted by molar-refractivity contribution is -0.125. The SMILES string of the molecule is C=CC(=O)N(C)CC(C)NC. The fourth-order valence-corrected chi connectivity index (χ4v) is 0.748. The van der Waals surface area contributed by atoms with Crippen molar-refractivity contribution < 1.29 is 4.79 Å². The summed E-state index contributed by atoms with van der Waals surface area (Å²) < 4.78 is 0. The normalized spacial score (nSPS) is 12.3. The molecular weight excluding hydrogens is 140 g/mol. The Morgan fingerprint density at radius 2 is 2.36 bits per heavy atom. The number of hydrogen-bond acceptors (Lipinski definition) is 2. The van der Waals surface area contributed by atoms with Crippen molar-refractivity contribution >= 4 is 5.91 Å². The Balaban J connectivity index is 3.76. The standard InChI is InChI=1S/C8H16N2O/c1-5-8(11)10(4)6-7(2)9-3/h5,7,9H,1,6H2,2-4H3. The van der Waals surface area contributed by atoms with Crippen LogP contribution in [0.15, 0.2) is 12.7 Å². The molecule has 0 fully saturated rings. The molecule has 64 valence electrons. The summed E-state index contributed by atoms with van der Waals surface area (Å²) in [6, 6.07) is 0.323. The number of carbonyl (C=O) groups is 1. The summed E-state index contributed by atoms with van der Waals surface area (Å²) >= 11 is 0. The molecule has 1 amide bonds. The van der Waals surface area contributed by atoms with Gasteiger partial charge in [0.15, 0.2) is 0 Å². The van der Waals surface area contributed by atoms with Crippen LogP contribution in [-0.2, 0) is 4.79 Å². The lowest BCUT2D eigenvalue weighted by Gasteiger charge is -2.19. The first-order valence-corrected chi connectivity index (χ1v) is 3.66. The van der Waals surface area contributed by atoms with Crippen LogP contribution in [0.1, 0.15) is 6.92 Å². The van der Waals surface area contributed by atoms with Gasteiger partial charge in [-0.2, -0.15) is 0 Å². The maximum absolute atomic E-state index is 10.9. The highest BCUT2D eigenvalue weighted by molar-refractivity contribution is 5.86. The molecule has 0 aromatic heterocycles. The lowest BCUT2D eigenvalue weighted by Crippen LogP contribution is -2.37. The first-order valence-electron chi connectivity index (χ1n) is 3.66. The monoisotopic (exact) mass is 156 g/mol. The summed E-state index contributed by atoms with van der Waals surface area (Å²) in [5.74, 6) is -0.0351. The fourth-order valence-electron chi connectivity index (χ4n) is 0.748. The third-order valence-electron chi connectivity index (χ3n) is 1.59. The highest BCUT2D eigenvalue weighted by Gasteiger charge is 2.06. The zero-order valence-corrected chi connectivity index (χ0v) is 7.42. The summed E-state index contributed by atoms with van der Waals surface area (Å²) in [4.78, 5) is 12.6. The second kappa shape index (κ2) is 4.91. The van der Waals surface area contributed by atoms with E-state index in [9.17, 15) is 4.79 Å². The molecule has 1 unspecified atom stereocenters. The van der Waals surface area contributed by atoms with E-state index >= 15 is 0 Å². The first-order chi connectivity index (χ1) is 5.11. The number of hydrogen-bond donors (Lipinski definition) is 1. The van der Waals surface area contributed by atoms with Crippen molar-refractivity contribution in [3.63, 3.8) is 0 Å². The summed E-state index contributed by atoms with van der Waals surface area (Å²) in [5.41, 5.74) is 0. The molecule has 0 bridgehead atoms. The molecule has 0 rings (SSSR count). The molecule has 0 aliphatic rings. The van der Waals surface area contributed by atoms with E-state index in [0.29, 0.717) is 12.6 Å². The molecule has 11 heavy (non-hydrogen) atoms. The van der Waals surface area contributed by atoms with E-state index in [0.717, 1.165) is 0 Å². The Kier molecular flexibility index (Phi) is 4.54. The van der Waals surface area contributed by atoms with Gasteiger partial charge in [-0.1, -0.05) is 6.58 Å². The van der Waals surface area contributed by atoms with E-state index in [4.69, 9.17) is 0 Å². The van der Waals surface area contributed by atoms with Gasteiger partial charge in [-0.3, -0.25) is 4.79 Å². The third-order valence-corrected chi connectivity index (χ3v) is 1.59. The van der Waals surface area contributed by atoms with Gasteiger partial charge in [0.2, 0.25) is 5.91 Å².